The summed E-state index contributed by atoms with van der Waals surface area (Å²) in [5.74, 6) is 1.30. The fourth-order valence-electron chi connectivity index (χ4n) is 1.30. The summed E-state index contributed by atoms with van der Waals surface area (Å²) in [7, 11) is 0. The fraction of sp³-hybridized carbons (Fsp3) is 1.00. The van der Waals surface area contributed by atoms with Gasteiger partial charge in [-0.25, -0.2) is 0 Å². The minimum Gasteiger partial charge on any atom is -0.124 e. The molecule has 0 unspecified atom stereocenters. The molecule has 0 spiro atoms. The summed E-state index contributed by atoms with van der Waals surface area (Å²) >= 11 is 7.91. The first-order valence-corrected chi connectivity index (χ1v) is 10.2. The van der Waals surface area contributed by atoms with Crippen LogP contribution in [0.1, 0.15) is 46.5 Å². The molecule has 0 atom stereocenters. The Bertz CT molecular complexity index is 147. The summed E-state index contributed by atoms with van der Waals surface area (Å²) in [6.45, 7) is 6.78. The van der Waals surface area contributed by atoms with Gasteiger partial charge in [-0.05, 0) is 24.5 Å². The lowest BCUT2D eigenvalue weighted by molar-refractivity contribution is 0.898. The minimum absolute atomic E-state index is 0.999. The molecular formula is C10H23PS2. The highest BCUT2D eigenvalue weighted by Gasteiger charge is 2.14. The molecule has 0 fully saturated rings. The van der Waals surface area contributed by atoms with E-state index in [4.69, 9.17) is 11.8 Å². The predicted molar refractivity (Wildman–Crippen MR) is 72.0 cm³/mol. The smallest absolute Gasteiger partial charge is 0.00653 e. The second-order valence-corrected chi connectivity index (χ2v) is 12.3. The van der Waals surface area contributed by atoms with Crippen LogP contribution in [-0.4, -0.2) is 18.1 Å². The third-order valence-electron chi connectivity index (χ3n) is 1.95. The van der Waals surface area contributed by atoms with Crippen LogP contribution < -0.4 is 0 Å². The molecule has 0 aliphatic carbocycles. The van der Waals surface area contributed by atoms with Gasteiger partial charge in [0, 0.05) is 5.24 Å². The third kappa shape index (κ3) is 6.99. The molecule has 0 N–H and O–H groups in total. The summed E-state index contributed by atoms with van der Waals surface area (Å²) in [6.07, 6.45) is 7.82. The molecule has 3 heteroatoms. The summed E-state index contributed by atoms with van der Waals surface area (Å²) in [5, 5.41) is -0.999. The SMILES string of the molecule is CCCCSP(=S)(CCC)CCC. The van der Waals surface area contributed by atoms with E-state index in [1.807, 2.05) is 0 Å². The van der Waals surface area contributed by atoms with Gasteiger partial charge in [0.2, 0.25) is 0 Å². The summed E-state index contributed by atoms with van der Waals surface area (Å²) in [5.41, 5.74) is 0. The van der Waals surface area contributed by atoms with Gasteiger partial charge in [-0.2, -0.15) is 0 Å². The number of hydrogen-bond acceptors (Lipinski definition) is 2. The molecule has 0 aliphatic heterocycles. The van der Waals surface area contributed by atoms with E-state index < -0.39 is 5.24 Å². The van der Waals surface area contributed by atoms with E-state index >= 15 is 0 Å². The van der Waals surface area contributed by atoms with Gasteiger partial charge < -0.3 is 0 Å². The van der Waals surface area contributed by atoms with Crippen LogP contribution in [0.25, 0.3) is 0 Å². The van der Waals surface area contributed by atoms with E-state index in [9.17, 15) is 0 Å². The Morgan fingerprint density at radius 2 is 1.54 bits per heavy atom. The van der Waals surface area contributed by atoms with Crippen LogP contribution in [0.2, 0.25) is 0 Å². The third-order valence-corrected chi connectivity index (χ3v) is 10.3. The lowest BCUT2D eigenvalue weighted by Crippen LogP contribution is -1.91. The zero-order chi connectivity index (χ0) is 10.2. The van der Waals surface area contributed by atoms with Crippen molar-refractivity contribution in [2.24, 2.45) is 0 Å². The Hall–Kier alpha value is 1.00. The molecule has 0 rings (SSSR count). The number of unbranched alkanes of at least 4 members (excludes halogenated alkanes) is 1. The quantitative estimate of drug-likeness (QED) is 0.443. The van der Waals surface area contributed by atoms with Gasteiger partial charge in [0.05, 0.1) is 0 Å². The summed E-state index contributed by atoms with van der Waals surface area (Å²) in [4.78, 5) is 0. The predicted octanol–water partition coefficient (Wildman–Crippen LogP) is 4.73. The Balaban J connectivity index is 3.85. The highest BCUT2D eigenvalue weighted by molar-refractivity contribution is 8.70. The molecule has 0 radical (unpaired) electrons. The maximum absolute atomic E-state index is 5.79. The first kappa shape index (κ1) is 14.0. The standard InChI is InChI=1S/C10H23PS2/c1-4-7-10-13-11(12,8-5-2)9-6-3/h4-10H2,1-3H3. The van der Waals surface area contributed by atoms with Gasteiger partial charge >= 0.3 is 0 Å². The zero-order valence-electron chi connectivity index (χ0n) is 9.21. The van der Waals surface area contributed by atoms with Crippen molar-refractivity contribution in [3.8, 4) is 0 Å². The van der Waals surface area contributed by atoms with Crippen LogP contribution in [0.15, 0.2) is 0 Å². The lowest BCUT2D eigenvalue weighted by Gasteiger charge is -2.19. The van der Waals surface area contributed by atoms with Crippen LogP contribution in [-0.2, 0) is 11.8 Å². The maximum Gasteiger partial charge on any atom is 0.00653 e. The Kier molecular flexibility index (Phi) is 8.96. The number of rotatable bonds is 8. The molecule has 0 nitrogen and oxygen atoms in total. The molecule has 0 aromatic rings. The zero-order valence-corrected chi connectivity index (χ0v) is 11.7. The Morgan fingerprint density at radius 1 is 1.00 bits per heavy atom. The van der Waals surface area contributed by atoms with Crippen LogP contribution in [0.5, 0.6) is 0 Å². The molecule has 0 saturated heterocycles. The molecule has 0 amide bonds. The van der Waals surface area contributed by atoms with Gasteiger partial charge in [-0.15, -0.1) is 11.4 Å². The molecule has 0 heterocycles. The topological polar surface area (TPSA) is 0 Å². The normalized spacial score (nSPS) is 11.9. The highest BCUT2D eigenvalue weighted by atomic mass is 32.9. The van der Waals surface area contributed by atoms with Gasteiger partial charge in [-0.3, -0.25) is 0 Å². The van der Waals surface area contributed by atoms with Crippen molar-refractivity contribution in [2.45, 2.75) is 46.5 Å². The minimum atomic E-state index is -0.999. The monoisotopic (exact) mass is 238 g/mol. The summed E-state index contributed by atoms with van der Waals surface area (Å²) in [6, 6.07) is 0. The summed E-state index contributed by atoms with van der Waals surface area (Å²) < 4.78 is 0. The van der Waals surface area contributed by atoms with Gasteiger partial charge in [0.25, 0.3) is 0 Å². The largest absolute Gasteiger partial charge is 0.124 e. The van der Waals surface area contributed by atoms with E-state index in [1.54, 1.807) is 0 Å². The van der Waals surface area contributed by atoms with Gasteiger partial charge in [-0.1, -0.05) is 51.8 Å². The second-order valence-electron chi connectivity index (χ2n) is 3.45. The van der Waals surface area contributed by atoms with E-state index in [2.05, 4.69) is 32.2 Å². The van der Waals surface area contributed by atoms with Crippen molar-refractivity contribution in [1.29, 1.82) is 0 Å². The molecule has 0 aromatic heterocycles. The van der Waals surface area contributed by atoms with Crippen LogP contribution in [0.4, 0.5) is 0 Å². The van der Waals surface area contributed by atoms with Crippen LogP contribution >= 0.6 is 16.6 Å². The maximum atomic E-state index is 5.79. The van der Waals surface area contributed by atoms with E-state index in [0.717, 1.165) is 0 Å². The Labute approximate surface area is 93.0 Å². The van der Waals surface area contributed by atoms with Gasteiger partial charge in [0.15, 0.2) is 0 Å². The molecule has 13 heavy (non-hydrogen) atoms. The first-order valence-electron chi connectivity index (χ1n) is 5.41. The van der Waals surface area contributed by atoms with Crippen molar-refractivity contribution >= 4 is 28.4 Å². The molecule has 0 aromatic carbocycles. The van der Waals surface area contributed by atoms with Crippen molar-refractivity contribution in [2.75, 3.05) is 18.1 Å². The van der Waals surface area contributed by atoms with E-state index in [1.165, 1.54) is 43.8 Å². The first-order chi connectivity index (χ1) is 6.18. The van der Waals surface area contributed by atoms with Crippen molar-refractivity contribution < 1.29 is 0 Å². The van der Waals surface area contributed by atoms with Crippen LogP contribution in [0, 0.1) is 0 Å². The van der Waals surface area contributed by atoms with Crippen molar-refractivity contribution in [3.63, 3.8) is 0 Å². The average molecular weight is 238 g/mol. The molecule has 80 valence electrons. The van der Waals surface area contributed by atoms with Crippen LogP contribution in [0.3, 0.4) is 0 Å². The molecule has 0 aliphatic rings. The van der Waals surface area contributed by atoms with E-state index in [0.29, 0.717) is 0 Å². The average Bonchev–Trinajstić information content (AvgIpc) is 2.05. The molecule has 0 saturated carbocycles. The van der Waals surface area contributed by atoms with Gasteiger partial charge in [0.1, 0.15) is 0 Å². The highest BCUT2D eigenvalue weighted by Crippen LogP contribution is 2.59. The molecular weight excluding hydrogens is 215 g/mol. The number of hydrogen-bond donors (Lipinski definition) is 0. The van der Waals surface area contributed by atoms with Crippen molar-refractivity contribution in [3.05, 3.63) is 0 Å². The van der Waals surface area contributed by atoms with Crippen molar-refractivity contribution in [1.82, 2.24) is 0 Å². The Morgan fingerprint density at radius 3 is 1.92 bits per heavy atom. The fourth-order valence-corrected chi connectivity index (χ4v) is 8.91. The second kappa shape index (κ2) is 8.32. The van der Waals surface area contributed by atoms with E-state index in [-0.39, 0.29) is 0 Å². The molecule has 0 bridgehead atoms. The lowest BCUT2D eigenvalue weighted by atomic mass is 10.4.